The predicted molar refractivity (Wildman–Crippen MR) is 133 cm³/mol. The molecule has 0 atom stereocenters. The quantitative estimate of drug-likeness (QED) is 0.328. The van der Waals surface area contributed by atoms with Crippen LogP contribution in [0.5, 0.6) is 0 Å². The number of halogens is 1. The zero-order chi connectivity index (χ0) is 22.6. The number of unbranched alkanes of at least 4 members (excludes halogenated alkanes) is 1. The van der Waals surface area contributed by atoms with Crippen LogP contribution in [0.3, 0.4) is 0 Å². The molecule has 2 fully saturated rings. The molecule has 4 heteroatoms. The first-order valence-corrected chi connectivity index (χ1v) is 12.5. The summed E-state index contributed by atoms with van der Waals surface area (Å²) >= 11 is 0. The van der Waals surface area contributed by atoms with Crippen LogP contribution in [0.1, 0.15) is 42.4 Å². The zero-order valence-corrected chi connectivity index (χ0v) is 21.5. The Morgan fingerprint density at radius 3 is 1.85 bits per heavy atom. The van der Waals surface area contributed by atoms with Crippen molar-refractivity contribution in [3.8, 4) is 0 Å². The Balaban J connectivity index is 0.00000274. The van der Waals surface area contributed by atoms with Crippen molar-refractivity contribution < 1.29 is 31.3 Å². The van der Waals surface area contributed by atoms with Gasteiger partial charge in [-0.2, -0.15) is 0 Å². The van der Waals surface area contributed by atoms with E-state index in [9.17, 15) is 5.11 Å². The summed E-state index contributed by atoms with van der Waals surface area (Å²) in [6.07, 6.45) is 4.44. The highest BCUT2D eigenvalue weighted by Gasteiger charge is 2.65. The average molecular weight is 523 g/mol. The molecule has 180 valence electrons. The number of piperidine rings is 1. The number of hydrogen-bond acceptors (Lipinski definition) is 2. The second-order valence-corrected chi connectivity index (χ2v) is 10.1. The van der Waals surface area contributed by atoms with E-state index in [0.717, 1.165) is 48.0 Å². The van der Waals surface area contributed by atoms with Crippen molar-refractivity contribution in [1.29, 1.82) is 0 Å². The fourth-order valence-corrected chi connectivity index (χ4v) is 6.43. The molecule has 0 unspecified atom stereocenters. The van der Waals surface area contributed by atoms with Gasteiger partial charge in [0, 0.05) is 19.4 Å². The Morgan fingerprint density at radius 1 is 0.765 bits per heavy atom. The number of rotatable bonds is 10. The van der Waals surface area contributed by atoms with Gasteiger partial charge in [-0.25, -0.2) is 0 Å². The third-order valence-corrected chi connectivity index (χ3v) is 8.20. The molecular weight excluding hydrogens is 486 g/mol. The molecule has 0 amide bonds. The van der Waals surface area contributed by atoms with E-state index < -0.39 is 5.60 Å². The summed E-state index contributed by atoms with van der Waals surface area (Å²) in [5.74, 6) is 0. The van der Waals surface area contributed by atoms with Gasteiger partial charge >= 0.3 is 0 Å². The van der Waals surface area contributed by atoms with Gasteiger partial charge in [-0.05, 0) is 29.5 Å². The summed E-state index contributed by atoms with van der Waals surface area (Å²) in [7, 11) is 0. The Bertz CT molecular complexity index is 978. The Morgan fingerprint density at radius 2 is 1.29 bits per heavy atom. The van der Waals surface area contributed by atoms with Crippen LogP contribution in [-0.2, 0) is 16.9 Å². The molecule has 3 aromatic rings. The molecule has 0 aliphatic carbocycles. The highest BCUT2D eigenvalue weighted by atomic mass is 79.9. The van der Waals surface area contributed by atoms with Gasteiger partial charge in [-0.1, -0.05) is 91.0 Å². The van der Waals surface area contributed by atoms with Crippen LogP contribution < -0.4 is 17.0 Å². The molecule has 0 saturated carbocycles. The number of aliphatic hydroxyl groups is 1. The van der Waals surface area contributed by atoms with E-state index in [-0.39, 0.29) is 22.4 Å². The topological polar surface area (TPSA) is 29.5 Å². The van der Waals surface area contributed by atoms with E-state index >= 15 is 0 Å². The number of nitrogens with zero attached hydrogens (tertiary/aromatic N) is 1. The van der Waals surface area contributed by atoms with Crippen LogP contribution in [0.2, 0.25) is 0 Å². The molecule has 2 bridgehead atoms. The largest absolute Gasteiger partial charge is 1.00 e. The molecule has 2 heterocycles. The summed E-state index contributed by atoms with van der Waals surface area (Å²) < 4.78 is 7.06. The summed E-state index contributed by atoms with van der Waals surface area (Å²) in [4.78, 5) is 0. The third kappa shape index (κ3) is 4.74. The zero-order valence-electron chi connectivity index (χ0n) is 19.9. The lowest BCUT2D eigenvalue weighted by atomic mass is 9.63. The first-order chi connectivity index (χ1) is 16.2. The molecule has 5 rings (SSSR count). The minimum absolute atomic E-state index is 0. The van der Waals surface area contributed by atoms with E-state index in [0.29, 0.717) is 6.61 Å². The van der Waals surface area contributed by atoms with Crippen molar-refractivity contribution in [3.63, 3.8) is 0 Å². The molecule has 2 aliphatic heterocycles. The first kappa shape index (κ1) is 25.1. The van der Waals surface area contributed by atoms with E-state index in [2.05, 4.69) is 72.8 Å². The lowest BCUT2D eigenvalue weighted by Crippen LogP contribution is -3.00. The molecule has 34 heavy (non-hydrogen) atoms. The first-order valence-electron chi connectivity index (χ1n) is 12.5. The maximum absolute atomic E-state index is 12.5. The van der Waals surface area contributed by atoms with Gasteiger partial charge in [0.1, 0.15) is 5.60 Å². The smallest absolute Gasteiger partial charge is 0.126 e. The maximum Gasteiger partial charge on any atom is 0.126 e. The van der Waals surface area contributed by atoms with E-state index in [1.54, 1.807) is 0 Å². The molecule has 2 saturated heterocycles. The van der Waals surface area contributed by atoms with Gasteiger partial charge < -0.3 is 31.3 Å². The highest BCUT2D eigenvalue weighted by molar-refractivity contribution is 5.40. The SMILES string of the molecule is OC(c1ccccc1)(c1ccccc1)C12CC[N+](CCCCOCc3ccccc3)(CC1)C2.[Br-]. The van der Waals surface area contributed by atoms with Crippen molar-refractivity contribution >= 4 is 0 Å². The van der Waals surface area contributed by atoms with Crippen molar-refractivity contribution in [2.75, 3.05) is 32.8 Å². The Hall–Kier alpha value is -1.98. The molecule has 3 aromatic carbocycles. The average Bonchev–Trinajstić information content (AvgIpc) is 3.45. The number of hydrogen-bond donors (Lipinski definition) is 1. The van der Waals surface area contributed by atoms with Crippen LogP contribution in [0.25, 0.3) is 0 Å². The van der Waals surface area contributed by atoms with Crippen molar-refractivity contribution in [2.24, 2.45) is 5.41 Å². The summed E-state index contributed by atoms with van der Waals surface area (Å²) in [6, 6.07) is 31.1. The lowest BCUT2D eigenvalue weighted by molar-refractivity contribution is -0.909. The minimum atomic E-state index is -0.940. The van der Waals surface area contributed by atoms with Crippen molar-refractivity contribution in [2.45, 2.75) is 37.9 Å². The third-order valence-electron chi connectivity index (χ3n) is 8.20. The molecular formula is C30H36BrNO2. The molecule has 0 spiro atoms. The van der Waals surface area contributed by atoms with Gasteiger partial charge in [0.2, 0.25) is 0 Å². The molecule has 3 nitrogen and oxygen atoms in total. The number of quaternary nitrogens is 1. The molecule has 1 N–H and O–H groups in total. The Kier molecular flexibility index (Phi) is 7.94. The Labute approximate surface area is 214 Å². The molecule has 0 radical (unpaired) electrons. The van der Waals surface area contributed by atoms with Gasteiger partial charge in [0.05, 0.1) is 38.2 Å². The standard InChI is InChI=1S/C30H36NO2.BrH/c32-30(27-14-6-2-7-15-27,28-16-8-3-9-17-28)29-18-21-31(25-29,22-19-29)20-10-11-23-33-24-26-12-4-1-5-13-26;/h1-9,12-17,32H,10-11,18-25H2;1H/q+1;/p-1. The highest BCUT2D eigenvalue weighted by Crippen LogP contribution is 2.58. The number of ether oxygens (including phenoxy) is 1. The van der Waals surface area contributed by atoms with Crippen LogP contribution in [0, 0.1) is 5.41 Å². The molecule has 0 aromatic heterocycles. The summed E-state index contributed by atoms with van der Waals surface area (Å²) in [5.41, 5.74) is 2.27. The fraction of sp³-hybridized carbons (Fsp3) is 0.400. The van der Waals surface area contributed by atoms with Crippen molar-refractivity contribution in [1.82, 2.24) is 0 Å². The monoisotopic (exact) mass is 521 g/mol. The molecule has 2 aliphatic rings. The minimum Gasteiger partial charge on any atom is -1.00 e. The van der Waals surface area contributed by atoms with Gasteiger partial charge in [-0.15, -0.1) is 0 Å². The number of fused-ring (bicyclic) bond motifs is 2. The number of benzene rings is 3. The summed E-state index contributed by atoms with van der Waals surface area (Å²) in [5, 5.41) is 12.5. The van der Waals surface area contributed by atoms with E-state index in [1.807, 2.05) is 18.2 Å². The van der Waals surface area contributed by atoms with Crippen LogP contribution in [0.15, 0.2) is 91.0 Å². The van der Waals surface area contributed by atoms with Gasteiger partial charge in [-0.3, -0.25) is 0 Å². The van der Waals surface area contributed by atoms with Crippen LogP contribution in [-0.4, -0.2) is 42.4 Å². The van der Waals surface area contributed by atoms with E-state index in [1.165, 1.54) is 31.6 Å². The lowest BCUT2D eigenvalue weighted by Gasteiger charge is -2.42. The van der Waals surface area contributed by atoms with E-state index in [4.69, 9.17) is 4.74 Å². The maximum atomic E-state index is 12.5. The van der Waals surface area contributed by atoms with Gasteiger partial charge in [0.25, 0.3) is 0 Å². The second kappa shape index (κ2) is 10.7. The van der Waals surface area contributed by atoms with Crippen LogP contribution in [0.4, 0.5) is 0 Å². The van der Waals surface area contributed by atoms with Crippen LogP contribution >= 0.6 is 0 Å². The fourth-order valence-electron chi connectivity index (χ4n) is 6.43. The van der Waals surface area contributed by atoms with Crippen molar-refractivity contribution in [3.05, 3.63) is 108 Å². The summed E-state index contributed by atoms with van der Waals surface area (Å²) in [6.45, 7) is 6.12. The predicted octanol–water partition coefficient (Wildman–Crippen LogP) is 2.53. The normalized spacial score (nSPS) is 23.6. The van der Waals surface area contributed by atoms with Gasteiger partial charge in [0.15, 0.2) is 0 Å². The second-order valence-electron chi connectivity index (χ2n) is 10.1.